The van der Waals surface area contributed by atoms with Crippen molar-refractivity contribution in [1.29, 1.82) is 0 Å². The van der Waals surface area contributed by atoms with E-state index in [1.807, 2.05) is 11.8 Å². The van der Waals surface area contributed by atoms with Crippen molar-refractivity contribution < 1.29 is 9.53 Å². The molecule has 2 aliphatic heterocycles. The zero-order valence-corrected chi connectivity index (χ0v) is 10.6. The van der Waals surface area contributed by atoms with Crippen LogP contribution in [0, 0.1) is 0 Å². The van der Waals surface area contributed by atoms with Crippen LogP contribution in [0.25, 0.3) is 0 Å². The molecule has 2 rings (SSSR count). The zero-order valence-electron chi connectivity index (χ0n) is 9.75. The van der Waals surface area contributed by atoms with Crippen molar-refractivity contribution in [3.63, 3.8) is 0 Å². The molecule has 0 aromatic carbocycles. The molecule has 0 saturated carbocycles. The number of ether oxygens (including phenoxy) is 1. The van der Waals surface area contributed by atoms with Crippen LogP contribution in [0.15, 0.2) is 0 Å². The molecule has 4 nitrogen and oxygen atoms in total. The van der Waals surface area contributed by atoms with Gasteiger partial charge in [0.2, 0.25) is 0 Å². The van der Waals surface area contributed by atoms with Gasteiger partial charge < -0.3 is 15.4 Å². The van der Waals surface area contributed by atoms with Gasteiger partial charge in [-0.25, -0.2) is 4.79 Å². The second-order valence-corrected chi connectivity index (χ2v) is 6.47. The van der Waals surface area contributed by atoms with E-state index in [0.29, 0.717) is 6.61 Å². The van der Waals surface area contributed by atoms with E-state index in [1.165, 1.54) is 18.6 Å². The molecule has 0 aromatic heterocycles. The van der Waals surface area contributed by atoms with Crippen LogP contribution in [0.5, 0.6) is 0 Å². The molecular weight excluding hydrogens is 224 g/mol. The van der Waals surface area contributed by atoms with Crippen molar-refractivity contribution in [3.8, 4) is 0 Å². The normalized spacial score (nSPS) is 33.9. The monoisotopic (exact) mass is 244 g/mol. The molecule has 2 N–H and O–H groups in total. The Bertz CT molecular complexity index is 248. The molecule has 2 heterocycles. The molecular formula is C11H20N2O2S. The van der Waals surface area contributed by atoms with Crippen molar-refractivity contribution in [2.45, 2.75) is 37.0 Å². The molecule has 0 radical (unpaired) electrons. The van der Waals surface area contributed by atoms with Gasteiger partial charge >= 0.3 is 6.03 Å². The minimum absolute atomic E-state index is 0.0516. The minimum Gasteiger partial charge on any atom is -0.379 e. The molecule has 0 aromatic rings. The van der Waals surface area contributed by atoms with E-state index in [4.69, 9.17) is 4.74 Å². The summed E-state index contributed by atoms with van der Waals surface area (Å²) in [6.45, 7) is 4.40. The Morgan fingerprint density at radius 2 is 2.50 bits per heavy atom. The molecule has 2 aliphatic rings. The molecule has 2 amide bonds. The van der Waals surface area contributed by atoms with Gasteiger partial charge in [-0.15, -0.1) is 0 Å². The van der Waals surface area contributed by atoms with Gasteiger partial charge in [-0.05, 0) is 31.9 Å². The molecule has 2 fully saturated rings. The fraction of sp³-hybridized carbons (Fsp3) is 0.909. The topological polar surface area (TPSA) is 50.4 Å². The van der Waals surface area contributed by atoms with E-state index in [2.05, 4.69) is 17.6 Å². The van der Waals surface area contributed by atoms with Crippen LogP contribution < -0.4 is 10.6 Å². The van der Waals surface area contributed by atoms with Crippen molar-refractivity contribution in [3.05, 3.63) is 0 Å². The summed E-state index contributed by atoms with van der Waals surface area (Å²) in [5, 5.41) is 5.90. The Morgan fingerprint density at radius 1 is 1.62 bits per heavy atom. The summed E-state index contributed by atoms with van der Waals surface area (Å²) < 4.78 is 5.45. The van der Waals surface area contributed by atoms with E-state index >= 15 is 0 Å². The van der Waals surface area contributed by atoms with Gasteiger partial charge in [-0.1, -0.05) is 0 Å². The predicted octanol–water partition coefficient (Wildman–Crippen LogP) is 1.36. The van der Waals surface area contributed by atoms with Crippen molar-refractivity contribution >= 4 is 17.8 Å². The number of thioether (sulfide) groups is 1. The largest absolute Gasteiger partial charge is 0.379 e. The molecule has 16 heavy (non-hydrogen) atoms. The fourth-order valence-corrected chi connectivity index (χ4v) is 3.37. The number of carbonyl (C=O) groups excluding carboxylic acids is 1. The number of carbonyl (C=O) groups is 1. The van der Waals surface area contributed by atoms with Gasteiger partial charge in [0.25, 0.3) is 0 Å². The zero-order chi connectivity index (χ0) is 11.4. The summed E-state index contributed by atoms with van der Waals surface area (Å²) in [5.41, 5.74) is 0. The summed E-state index contributed by atoms with van der Waals surface area (Å²) in [7, 11) is 0. The molecule has 2 atom stereocenters. The third-order valence-corrected chi connectivity index (χ3v) is 4.73. The van der Waals surface area contributed by atoms with Crippen LogP contribution in [0.4, 0.5) is 4.79 Å². The van der Waals surface area contributed by atoms with E-state index in [1.54, 1.807) is 0 Å². The molecule has 0 spiro atoms. The van der Waals surface area contributed by atoms with Crippen LogP contribution in [-0.2, 0) is 4.74 Å². The lowest BCUT2D eigenvalue weighted by atomic mass is 10.1. The second kappa shape index (κ2) is 5.27. The number of nitrogens with one attached hydrogen (secondary N) is 2. The highest BCUT2D eigenvalue weighted by atomic mass is 32.2. The first-order chi connectivity index (χ1) is 7.68. The summed E-state index contributed by atoms with van der Waals surface area (Å²) in [6, 6.07) is 0.147. The lowest BCUT2D eigenvalue weighted by molar-refractivity contribution is 0.188. The number of urea groups is 1. The van der Waals surface area contributed by atoms with E-state index < -0.39 is 0 Å². The van der Waals surface area contributed by atoms with Crippen LogP contribution >= 0.6 is 11.8 Å². The molecule has 2 unspecified atom stereocenters. The fourth-order valence-electron chi connectivity index (χ4n) is 2.13. The van der Waals surface area contributed by atoms with Gasteiger partial charge in [-0.2, -0.15) is 11.8 Å². The van der Waals surface area contributed by atoms with Crippen LogP contribution in [0.1, 0.15) is 26.2 Å². The Kier molecular flexibility index (Phi) is 3.97. The lowest BCUT2D eigenvalue weighted by Gasteiger charge is -2.23. The van der Waals surface area contributed by atoms with Gasteiger partial charge in [-0.3, -0.25) is 0 Å². The van der Waals surface area contributed by atoms with Gasteiger partial charge in [0, 0.05) is 17.9 Å². The maximum atomic E-state index is 11.6. The molecule has 0 bridgehead atoms. The van der Waals surface area contributed by atoms with Gasteiger partial charge in [0.15, 0.2) is 0 Å². The second-order valence-electron chi connectivity index (χ2n) is 4.79. The van der Waals surface area contributed by atoms with E-state index in [9.17, 15) is 4.79 Å². The quantitative estimate of drug-likeness (QED) is 0.788. The van der Waals surface area contributed by atoms with Crippen molar-refractivity contribution in [2.24, 2.45) is 0 Å². The minimum atomic E-state index is -0.0516. The SMILES string of the molecule is CC1(CNC(=O)NC2CCOC2)CCCS1. The average molecular weight is 244 g/mol. The third kappa shape index (κ3) is 3.28. The highest BCUT2D eigenvalue weighted by Gasteiger charge is 2.30. The van der Waals surface area contributed by atoms with E-state index in [-0.39, 0.29) is 16.8 Å². The Labute approximate surface area is 101 Å². The maximum Gasteiger partial charge on any atom is 0.315 e. The Hall–Kier alpha value is -0.420. The molecule has 0 aliphatic carbocycles. The van der Waals surface area contributed by atoms with Gasteiger partial charge in [0.1, 0.15) is 0 Å². The highest BCUT2D eigenvalue weighted by Crippen LogP contribution is 2.36. The molecule has 5 heteroatoms. The Morgan fingerprint density at radius 3 is 3.12 bits per heavy atom. The molecule has 2 saturated heterocycles. The third-order valence-electron chi connectivity index (χ3n) is 3.19. The number of hydrogen-bond acceptors (Lipinski definition) is 3. The average Bonchev–Trinajstić information content (AvgIpc) is 2.88. The summed E-state index contributed by atoms with van der Waals surface area (Å²) in [6.07, 6.45) is 3.39. The first-order valence-electron chi connectivity index (χ1n) is 5.94. The maximum absolute atomic E-state index is 11.6. The Balaban J connectivity index is 1.66. The summed E-state index contributed by atoms with van der Waals surface area (Å²) >= 11 is 1.96. The first-order valence-corrected chi connectivity index (χ1v) is 6.93. The smallest absolute Gasteiger partial charge is 0.315 e. The number of hydrogen-bond donors (Lipinski definition) is 2. The molecule has 92 valence electrons. The summed E-state index contributed by atoms with van der Waals surface area (Å²) in [4.78, 5) is 11.6. The first kappa shape index (κ1) is 12.0. The number of amides is 2. The predicted molar refractivity (Wildman–Crippen MR) is 65.9 cm³/mol. The van der Waals surface area contributed by atoms with Crippen LogP contribution in [0.3, 0.4) is 0 Å². The summed E-state index contributed by atoms with van der Waals surface area (Å²) in [5.74, 6) is 1.22. The van der Waals surface area contributed by atoms with Crippen molar-refractivity contribution in [2.75, 3.05) is 25.5 Å². The lowest BCUT2D eigenvalue weighted by Crippen LogP contribution is -2.46. The number of rotatable bonds is 3. The van der Waals surface area contributed by atoms with Crippen LogP contribution in [-0.4, -0.2) is 42.3 Å². The standard InChI is InChI=1S/C11H20N2O2S/c1-11(4-2-6-16-11)8-12-10(14)13-9-3-5-15-7-9/h9H,2-8H2,1H3,(H2,12,13,14). The van der Waals surface area contributed by atoms with Crippen LogP contribution in [0.2, 0.25) is 0 Å². The highest BCUT2D eigenvalue weighted by molar-refractivity contribution is 8.00. The van der Waals surface area contributed by atoms with Gasteiger partial charge in [0.05, 0.1) is 12.6 Å². The van der Waals surface area contributed by atoms with Crippen molar-refractivity contribution in [1.82, 2.24) is 10.6 Å². The van der Waals surface area contributed by atoms with E-state index in [0.717, 1.165) is 19.6 Å².